The molecule has 0 saturated heterocycles. The second-order valence-corrected chi connectivity index (χ2v) is 3.62. The average molecular weight is 247 g/mol. The highest BCUT2D eigenvalue weighted by atomic mass is 16.5. The van der Waals surface area contributed by atoms with Crippen LogP contribution in [0.2, 0.25) is 0 Å². The Morgan fingerprint density at radius 1 is 1.44 bits per heavy atom. The third-order valence-corrected chi connectivity index (χ3v) is 2.33. The Morgan fingerprint density at radius 2 is 2.22 bits per heavy atom. The van der Waals surface area contributed by atoms with Crippen molar-refractivity contribution in [1.82, 2.24) is 24.7 Å². The Bertz CT molecular complexity index is 579. The molecule has 2 aromatic heterocycles. The second-order valence-electron chi connectivity index (χ2n) is 3.62. The Morgan fingerprint density at radius 3 is 2.89 bits per heavy atom. The Balaban J connectivity index is 2.39. The number of methoxy groups -OCH3 is 1. The highest BCUT2D eigenvalue weighted by molar-refractivity contribution is 5.84. The SMILES string of the molecule is CCc1cc(-n2cnc(C(=O)OC)n2)nc(C)n1. The van der Waals surface area contributed by atoms with E-state index in [1.54, 1.807) is 6.92 Å². The van der Waals surface area contributed by atoms with Gasteiger partial charge in [0, 0.05) is 11.8 Å². The number of aromatic nitrogens is 5. The summed E-state index contributed by atoms with van der Waals surface area (Å²) in [5.74, 6) is 0.670. The van der Waals surface area contributed by atoms with Crippen molar-refractivity contribution in [3.05, 3.63) is 29.7 Å². The highest BCUT2D eigenvalue weighted by Gasteiger charge is 2.13. The third-order valence-electron chi connectivity index (χ3n) is 2.33. The summed E-state index contributed by atoms with van der Waals surface area (Å²) in [6, 6.07) is 1.81. The number of carbonyl (C=O) groups excluding carboxylic acids is 1. The number of ether oxygens (including phenoxy) is 1. The number of hydrogen-bond acceptors (Lipinski definition) is 6. The van der Waals surface area contributed by atoms with Crippen molar-refractivity contribution < 1.29 is 9.53 Å². The van der Waals surface area contributed by atoms with Crippen molar-refractivity contribution in [2.24, 2.45) is 0 Å². The molecule has 0 bridgehead atoms. The van der Waals surface area contributed by atoms with Gasteiger partial charge in [0.25, 0.3) is 5.82 Å². The van der Waals surface area contributed by atoms with Crippen LogP contribution in [0.1, 0.15) is 29.1 Å². The maximum Gasteiger partial charge on any atom is 0.377 e. The molecule has 7 heteroatoms. The van der Waals surface area contributed by atoms with E-state index in [2.05, 4.69) is 24.8 Å². The smallest absolute Gasteiger partial charge is 0.377 e. The van der Waals surface area contributed by atoms with Crippen LogP contribution in [0.5, 0.6) is 0 Å². The van der Waals surface area contributed by atoms with Crippen LogP contribution in [0.15, 0.2) is 12.4 Å². The summed E-state index contributed by atoms with van der Waals surface area (Å²) in [6.07, 6.45) is 2.22. The zero-order valence-electron chi connectivity index (χ0n) is 10.4. The zero-order valence-corrected chi connectivity index (χ0v) is 10.4. The quantitative estimate of drug-likeness (QED) is 0.743. The molecule has 0 aliphatic rings. The van der Waals surface area contributed by atoms with Gasteiger partial charge < -0.3 is 4.74 Å². The Kier molecular flexibility index (Phi) is 3.31. The lowest BCUT2D eigenvalue weighted by atomic mass is 10.3. The van der Waals surface area contributed by atoms with Gasteiger partial charge in [-0.05, 0) is 13.3 Å². The van der Waals surface area contributed by atoms with Crippen molar-refractivity contribution in [3.8, 4) is 5.82 Å². The van der Waals surface area contributed by atoms with Crippen molar-refractivity contribution in [2.45, 2.75) is 20.3 Å². The van der Waals surface area contributed by atoms with E-state index in [-0.39, 0.29) is 5.82 Å². The first-order chi connectivity index (χ1) is 8.63. The molecular formula is C11H13N5O2. The van der Waals surface area contributed by atoms with Gasteiger partial charge in [-0.2, -0.15) is 0 Å². The molecule has 0 amide bonds. The van der Waals surface area contributed by atoms with E-state index in [1.165, 1.54) is 18.1 Å². The number of rotatable bonds is 3. The van der Waals surface area contributed by atoms with E-state index < -0.39 is 5.97 Å². The summed E-state index contributed by atoms with van der Waals surface area (Å²) in [6.45, 7) is 3.81. The first-order valence-corrected chi connectivity index (χ1v) is 5.49. The summed E-state index contributed by atoms with van der Waals surface area (Å²) in [7, 11) is 1.28. The lowest BCUT2D eigenvalue weighted by Gasteiger charge is -2.03. The fraction of sp³-hybridized carbons (Fsp3) is 0.364. The van der Waals surface area contributed by atoms with Gasteiger partial charge in [-0.3, -0.25) is 0 Å². The van der Waals surface area contributed by atoms with E-state index >= 15 is 0 Å². The highest BCUT2D eigenvalue weighted by Crippen LogP contribution is 2.07. The number of nitrogens with zero attached hydrogens (tertiary/aromatic N) is 5. The summed E-state index contributed by atoms with van der Waals surface area (Å²) in [4.78, 5) is 23.6. The Labute approximate surface area is 104 Å². The fourth-order valence-corrected chi connectivity index (χ4v) is 1.47. The fourth-order valence-electron chi connectivity index (χ4n) is 1.47. The van der Waals surface area contributed by atoms with E-state index in [9.17, 15) is 4.79 Å². The number of hydrogen-bond donors (Lipinski definition) is 0. The van der Waals surface area contributed by atoms with Crippen molar-refractivity contribution in [1.29, 1.82) is 0 Å². The number of carbonyl (C=O) groups is 1. The minimum Gasteiger partial charge on any atom is -0.463 e. The Hall–Kier alpha value is -2.31. The van der Waals surface area contributed by atoms with Gasteiger partial charge in [0.2, 0.25) is 0 Å². The van der Waals surface area contributed by atoms with Crippen LogP contribution in [0.3, 0.4) is 0 Å². The average Bonchev–Trinajstić information content (AvgIpc) is 2.86. The standard InChI is InChI=1S/C11H13N5O2/c1-4-8-5-9(14-7(2)13-8)16-6-12-10(15-16)11(17)18-3/h5-6H,4H2,1-3H3. The van der Waals surface area contributed by atoms with Crippen LogP contribution in [0.25, 0.3) is 5.82 Å². The van der Waals surface area contributed by atoms with Gasteiger partial charge in [0.05, 0.1) is 7.11 Å². The molecule has 0 N–H and O–H groups in total. The maximum absolute atomic E-state index is 11.3. The lowest BCUT2D eigenvalue weighted by molar-refractivity contribution is 0.0587. The molecule has 18 heavy (non-hydrogen) atoms. The zero-order chi connectivity index (χ0) is 13.1. The van der Waals surface area contributed by atoms with Crippen LogP contribution in [0, 0.1) is 6.92 Å². The molecular weight excluding hydrogens is 234 g/mol. The van der Waals surface area contributed by atoms with E-state index in [1.807, 2.05) is 13.0 Å². The summed E-state index contributed by atoms with van der Waals surface area (Å²) >= 11 is 0. The van der Waals surface area contributed by atoms with E-state index in [0.717, 1.165) is 12.1 Å². The first kappa shape index (κ1) is 12.2. The van der Waals surface area contributed by atoms with Gasteiger partial charge in [-0.1, -0.05) is 6.92 Å². The lowest BCUT2D eigenvalue weighted by Crippen LogP contribution is -2.07. The molecule has 2 heterocycles. The molecule has 0 aliphatic heterocycles. The molecule has 0 aromatic carbocycles. The van der Waals surface area contributed by atoms with Crippen molar-refractivity contribution in [2.75, 3.05) is 7.11 Å². The molecule has 7 nitrogen and oxygen atoms in total. The van der Waals surface area contributed by atoms with E-state index in [4.69, 9.17) is 0 Å². The predicted octanol–water partition coefficient (Wildman–Crippen LogP) is 0.715. The number of aryl methyl sites for hydroxylation is 2. The molecule has 0 fully saturated rings. The molecule has 0 spiro atoms. The normalized spacial score (nSPS) is 10.4. The molecule has 0 radical (unpaired) electrons. The predicted molar refractivity (Wildman–Crippen MR) is 62.4 cm³/mol. The third kappa shape index (κ3) is 2.34. The van der Waals surface area contributed by atoms with Crippen molar-refractivity contribution >= 4 is 5.97 Å². The molecule has 0 unspecified atom stereocenters. The summed E-state index contributed by atoms with van der Waals surface area (Å²) in [5, 5.41) is 4.01. The van der Waals surface area contributed by atoms with Crippen LogP contribution in [0.4, 0.5) is 0 Å². The second kappa shape index (κ2) is 4.91. The van der Waals surface area contributed by atoms with Gasteiger partial charge in [-0.25, -0.2) is 24.4 Å². The summed E-state index contributed by atoms with van der Waals surface area (Å²) < 4.78 is 5.97. The monoisotopic (exact) mass is 247 g/mol. The van der Waals surface area contributed by atoms with Gasteiger partial charge >= 0.3 is 5.97 Å². The van der Waals surface area contributed by atoms with Gasteiger partial charge in [-0.15, -0.1) is 5.10 Å². The number of esters is 1. The molecule has 94 valence electrons. The minimum absolute atomic E-state index is 0.00631. The van der Waals surface area contributed by atoms with Crippen LogP contribution in [-0.2, 0) is 11.2 Å². The molecule has 2 rings (SSSR count). The largest absolute Gasteiger partial charge is 0.463 e. The van der Waals surface area contributed by atoms with Crippen LogP contribution in [-0.4, -0.2) is 37.8 Å². The van der Waals surface area contributed by atoms with Gasteiger partial charge in [0.15, 0.2) is 5.82 Å². The topological polar surface area (TPSA) is 82.8 Å². The summed E-state index contributed by atoms with van der Waals surface area (Å²) in [5.41, 5.74) is 0.910. The molecule has 0 atom stereocenters. The van der Waals surface area contributed by atoms with E-state index in [0.29, 0.717) is 11.6 Å². The maximum atomic E-state index is 11.3. The molecule has 0 aliphatic carbocycles. The molecule has 0 saturated carbocycles. The van der Waals surface area contributed by atoms with Crippen LogP contribution < -0.4 is 0 Å². The van der Waals surface area contributed by atoms with Crippen LogP contribution >= 0.6 is 0 Å². The van der Waals surface area contributed by atoms with Gasteiger partial charge in [0.1, 0.15) is 12.2 Å². The molecule has 2 aromatic rings. The van der Waals surface area contributed by atoms with Crippen molar-refractivity contribution in [3.63, 3.8) is 0 Å². The minimum atomic E-state index is -0.574. The first-order valence-electron chi connectivity index (χ1n) is 5.49.